The second kappa shape index (κ2) is 6.29. The first-order chi connectivity index (χ1) is 9.19. The lowest BCUT2D eigenvalue weighted by molar-refractivity contribution is 0.0953. The van der Waals surface area contributed by atoms with E-state index in [2.05, 4.69) is 15.3 Å². The predicted molar refractivity (Wildman–Crippen MR) is 73.7 cm³/mol. The number of ether oxygens (including phenoxy) is 1. The Bertz CT molecular complexity index is 569. The van der Waals surface area contributed by atoms with E-state index in [4.69, 9.17) is 4.74 Å². The number of thiazole rings is 1. The molecule has 0 bridgehead atoms. The van der Waals surface area contributed by atoms with Crippen molar-refractivity contribution in [1.82, 2.24) is 15.3 Å². The SMILES string of the molecule is COc1cc(CCNC(=O)c2nc(C)cs2)ccn1. The van der Waals surface area contributed by atoms with Gasteiger partial charge in [0.2, 0.25) is 5.88 Å². The first-order valence-electron chi connectivity index (χ1n) is 5.88. The second-order valence-electron chi connectivity index (χ2n) is 4.01. The van der Waals surface area contributed by atoms with E-state index in [1.54, 1.807) is 13.3 Å². The molecule has 0 spiro atoms. The zero-order valence-corrected chi connectivity index (χ0v) is 11.7. The third-order valence-corrected chi connectivity index (χ3v) is 3.48. The zero-order chi connectivity index (χ0) is 13.7. The van der Waals surface area contributed by atoms with Gasteiger partial charge in [0.05, 0.1) is 7.11 Å². The molecule has 0 fully saturated rings. The summed E-state index contributed by atoms with van der Waals surface area (Å²) in [5.74, 6) is 0.457. The summed E-state index contributed by atoms with van der Waals surface area (Å²) in [6.45, 7) is 2.43. The number of aryl methyl sites for hydroxylation is 1. The molecule has 19 heavy (non-hydrogen) atoms. The number of nitrogens with zero attached hydrogens (tertiary/aromatic N) is 2. The summed E-state index contributed by atoms with van der Waals surface area (Å²) in [5.41, 5.74) is 1.94. The van der Waals surface area contributed by atoms with Gasteiger partial charge in [0.15, 0.2) is 5.01 Å². The van der Waals surface area contributed by atoms with Crippen LogP contribution in [0.4, 0.5) is 0 Å². The minimum Gasteiger partial charge on any atom is -0.481 e. The van der Waals surface area contributed by atoms with Crippen LogP contribution < -0.4 is 10.1 Å². The van der Waals surface area contributed by atoms with E-state index in [1.165, 1.54) is 11.3 Å². The number of carbonyl (C=O) groups excluding carboxylic acids is 1. The van der Waals surface area contributed by atoms with Crippen molar-refractivity contribution in [2.75, 3.05) is 13.7 Å². The van der Waals surface area contributed by atoms with Gasteiger partial charge in [-0.2, -0.15) is 0 Å². The van der Waals surface area contributed by atoms with Crippen molar-refractivity contribution in [3.63, 3.8) is 0 Å². The van der Waals surface area contributed by atoms with Gasteiger partial charge in [0.1, 0.15) is 0 Å². The van der Waals surface area contributed by atoms with Gasteiger partial charge in [-0.1, -0.05) is 0 Å². The van der Waals surface area contributed by atoms with E-state index in [1.807, 2.05) is 24.4 Å². The Balaban J connectivity index is 1.84. The van der Waals surface area contributed by atoms with Gasteiger partial charge in [-0.05, 0) is 25.0 Å². The number of amides is 1. The summed E-state index contributed by atoms with van der Waals surface area (Å²) in [6.07, 6.45) is 2.43. The minimum atomic E-state index is -0.126. The van der Waals surface area contributed by atoms with Crippen LogP contribution in [0.5, 0.6) is 5.88 Å². The van der Waals surface area contributed by atoms with Gasteiger partial charge in [-0.25, -0.2) is 9.97 Å². The Morgan fingerprint density at radius 2 is 2.37 bits per heavy atom. The number of carbonyl (C=O) groups is 1. The van der Waals surface area contributed by atoms with Crippen LogP contribution in [0.1, 0.15) is 21.1 Å². The quantitative estimate of drug-likeness (QED) is 0.905. The minimum absolute atomic E-state index is 0.126. The van der Waals surface area contributed by atoms with Crippen LogP contribution in [0, 0.1) is 6.92 Å². The van der Waals surface area contributed by atoms with Crippen LogP contribution in [0.25, 0.3) is 0 Å². The fourth-order valence-corrected chi connectivity index (χ4v) is 2.28. The molecule has 0 unspecified atom stereocenters. The number of hydrogen-bond donors (Lipinski definition) is 1. The molecule has 1 amide bonds. The van der Waals surface area contributed by atoms with E-state index >= 15 is 0 Å². The molecule has 5 nitrogen and oxygen atoms in total. The second-order valence-corrected chi connectivity index (χ2v) is 4.86. The van der Waals surface area contributed by atoms with E-state index in [0.717, 1.165) is 17.7 Å². The molecular weight excluding hydrogens is 262 g/mol. The van der Waals surface area contributed by atoms with E-state index < -0.39 is 0 Å². The maximum absolute atomic E-state index is 11.8. The van der Waals surface area contributed by atoms with Crippen LogP contribution in [0.2, 0.25) is 0 Å². The average Bonchev–Trinajstić information content (AvgIpc) is 2.86. The highest BCUT2D eigenvalue weighted by molar-refractivity contribution is 7.11. The molecule has 0 radical (unpaired) electrons. The third kappa shape index (κ3) is 3.75. The topological polar surface area (TPSA) is 64.1 Å². The molecule has 0 aliphatic rings. The summed E-state index contributed by atoms with van der Waals surface area (Å²) in [6, 6.07) is 3.77. The fourth-order valence-electron chi connectivity index (χ4n) is 1.57. The lowest BCUT2D eigenvalue weighted by atomic mass is 10.2. The van der Waals surface area contributed by atoms with Gasteiger partial charge >= 0.3 is 0 Å². The smallest absolute Gasteiger partial charge is 0.280 e. The molecule has 2 aromatic heterocycles. The highest BCUT2D eigenvalue weighted by Gasteiger charge is 2.08. The van der Waals surface area contributed by atoms with Crippen molar-refractivity contribution in [1.29, 1.82) is 0 Å². The zero-order valence-electron chi connectivity index (χ0n) is 10.8. The molecule has 2 heterocycles. The Morgan fingerprint density at radius 1 is 1.53 bits per heavy atom. The average molecular weight is 277 g/mol. The third-order valence-electron chi connectivity index (χ3n) is 2.52. The number of nitrogens with one attached hydrogen (secondary N) is 1. The van der Waals surface area contributed by atoms with Crippen molar-refractivity contribution in [3.05, 3.63) is 40.0 Å². The van der Waals surface area contributed by atoms with E-state index in [0.29, 0.717) is 17.4 Å². The lowest BCUT2D eigenvalue weighted by Gasteiger charge is -2.04. The summed E-state index contributed by atoms with van der Waals surface area (Å²) in [4.78, 5) is 19.9. The summed E-state index contributed by atoms with van der Waals surface area (Å²) < 4.78 is 5.05. The highest BCUT2D eigenvalue weighted by atomic mass is 32.1. The Labute approximate surface area is 115 Å². The molecule has 0 saturated heterocycles. The molecule has 2 rings (SSSR count). The van der Waals surface area contributed by atoms with Crippen molar-refractivity contribution in [2.24, 2.45) is 0 Å². The Morgan fingerprint density at radius 3 is 3.05 bits per heavy atom. The summed E-state index contributed by atoms with van der Waals surface area (Å²) in [5, 5.41) is 5.21. The largest absolute Gasteiger partial charge is 0.481 e. The molecule has 0 aliphatic carbocycles. The molecule has 1 N–H and O–H groups in total. The van der Waals surface area contributed by atoms with Gasteiger partial charge in [0, 0.05) is 29.9 Å². The van der Waals surface area contributed by atoms with Crippen molar-refractivity contribution in [3.8, 4) is 5.88 Å². The first kappa shape index (κ1) is 13.5. The normalized spacial score (nSPS) is 10.2. The van der Waals surface area contributed by atoms with Crippen molar-refractivity contribution >= 4 is 17.2 Å². The van der Waals surface area contributed by atoms with Gasteiger partial charge < -0.3 is 10.1 Å². The molecule has 0 aromatic carbocycles. The summed E-state index contributed by atoms with van der Waals surface area (Å²) >= 11 is 1.36. The molecule has 0 aliphatic heterocycles. The Hall–Kier alpha value is -1.95. The number of aromatic nitrogens is 2. The van der Waals surface area contributed by atoms with Crippen LogP contribution in [0.3, 0.4) is 0 Å². The standard InChI is InChI=1S/C13H15N3O2S/c1-9-8-19-13(16-9)12(17)15-6-4-10-3-5-14-11(7-10)18-2/h3,5,7-8H,4,6H2,1-2H3,(H,15,17). The molecule has 100 valence electrons. The summed E-state index contributed by atoms with van der Waals surface area (Å²) in [7, 11) is 1.58. The van der Waals surface area contributed by atoms with E-state index in [9.17, 15) is 4.79 Å². The number of rotatable bonds is 5. The van der Waals surface area contributed by atoms with Crippen LogP contribution >= 0.6 is 11.3 Å². The monoisotopic (exact) mass is 277 g/mol. The van der Waals surface area contributed by atoms with Gasteiger partial charge in [-0.15, -0.1) is 11.3 Å². The van der Waals surface area contributed by atoms with Gasteiger partial charge in [0.25, 0.3) is 5.91 Å². The van der Waals surface area contributed by atoms with Crippen LogP contribution in [0.15, 0.2) is 23.7 Å². The number of methoxy groups -OCH3 is 1. The number of pyridine rings is 1. The van der Waals surface area contributed by atoms with Gasteiger partial charge in [-0.3, -0.25) is 4.79 Å². The molecule has 6 heteroatoms. The van der Waals surface area contributed by atoms with Crippen LogP contribution in [-0.2, 0) is 6.42 Å². The van der Waals surface area contributed by atoms with Crippen molar-refractivity contribution < 1.29 is 9.53 Å². The molecule has 0 atom stereocenters. The Kier molecular flexibility index (Phi) is 4.46. The number of hydrogen-bond acceptors (Lipinski definition) is 5. The maximum Gasteiger partial charge on any atom is 0.280 e. The molecule has 0 saturated carbocycles. The lowest BCUT2D eigenvalue weighted by Crippen LogP contribution is -2.25. The van der Waals surface area contributed by atoms with Crippen LogP contribution in [-0.4, -0.2) is 29.5 Å². The van der Waals surface area contributed by atoms with Crippen molar-refractivity contribution in [2.45, 2.75) is 13.3 Å². The predicted octanol–water partition coefficient (Wildman–Crippen LogP) is 1.83. The molecule has 2 aromatic rings. The van der Waals surface area contributed by atoms with E-state index in [-0.39, 0.29) is 5.91 Å². The first-order valence-corrected chi connectivity index (χ1v) is 6.76. The molecular formula is C13H15N3O2S. The maximum atomic E-state index is 11.8. The fraction of sp³-hybridized carbons (Fsp3) is 0.308. The highest BCUT2D eigenvalue weighted by Crippen LogP contribution is 2.10.